The number of fused-ring (bicyclic) bond motifs is 2. The number of hydrogen-bond donors (Lipinski definition) is 3. The molecule has 5 aliphatic rings. The molecule has 73 heavy (non-hydrogen) atoms. The second-order valence-electron chi connectivity index (χ2n) is 20.8. The Labute approximate surface area is 423 Å². The summed E-state index contributed by atoms with van der Waals surface area (Å²) in [5, 5.41) is 11.6. The van der Waals surface area contributed by atoms with E-state index in [0.29, 0.717) is 35.7 Å². The molecule has 3 fully saturated rings. The van der Waals surface area contributed by atoms with Gasteiger partial charge in [-0.2, -0.15) is 4.58 Å². The average Bonchev–Trinajstić information content (AvgIpc) is 3.93. The highest BCUT2D eigenvalue weighted by Crippen LogP contribution is 2.49. The van der Waals surface area contributed by atoms with Crippen LogP contribution in [0.3, 0.4) is 0 Å². The average molecular weight is 1000 g/mol. The number of rotatable bonds is 14. The minimum atomic E-state index is -1.02. The third-order valence-electron chi connectivity index (χ3n) is 16.2. The molecule has 17 heteroatoms. The number of nitrogens with two attached hydrogens (primary N) is 1. The third-order valence-corrected chi connectivity index (χ3v) is 16.2. The molecule has 10 rings (SSSR count). The lowest BCUT2D eigenvalue weighted by Gasteiger charge is -2.41. The predicted molar refractivity (Wildman–Crippen MR) is 270 cm³/mol. The van der Waals surface area contributed by atoms with Gasteiger partial charge < -0.3 is 30.3 Å². The number of ether oxygens (including phenoxy) is 2. The number of nitrogens with zero attached hydrogens (tertiary/aromatic N) is 5. The van der Waals surface area contributed by atoms with Gasteiger partial charge in [0.2, 0.25) is 11.8 Å². The number of nitrogens with one attached hydrogen (secondary N) is 2. The van der Waals surface area contributed by atoms with Crippen molar-refractivity contribution in [3.05, 3.63) is 106 Å². The van der Waals surface area contributed by atoms with Gasteiger partial charge in [-0.1, -0.05) is 43.3 Å². The van der Waals surface area contributed by atoms with Crippen molar-refractivity contribution in [3.63, 3.8) is 0 Å². The zero-order valence-electron chi connectivity index (χ0n) is 41.7. The number of imide groups is 1. The smallest absolute Gasteiger partial charge is 0.448 e. The summed E-state index contributed by atoms with van der Waals surface area (Å²) in [5.74, 6) is -0.761. The fourth-order valence-corrected chi connectivity index (χ4v) is 12.3. The molecule has 3 atom stereocenters. The van der Waals surface area contributed by atoms with Gasteiger partial charge in [0.1, 0.15) is 24.8 Å². The highest BCUT2D eigenvalue weighted by atomic mass is 19.1. The summed E-state index contributed by atoms with van der Waals surface area (Å²) in [6.45, 7) is 7.52. The maximum absolute atomic E-state index is 16.4. The first kappa shape index (κ1) is 50.0. The molecule has 5 amide bonds. The Kier molecular flexibility index (Phi) is 14.2. The summed E-state index contributed by atoms with van der Waals surface area (Å²) < 4.78 is 60.7. The number of likely N-dealkylation sites (tertiary alicyclic amines) is 2. The van der Waals surface area contributed by atoms with Crippen LogP contribution in [0, 0.1) is 36.3 Å². The molecule has 0 bridgehead atoms. The van der Waals surface area contributed by atoms with Crippen molar-refractivity contribution in [3.8, 4) is 22.6 Å². The summed E-state index contributed by atoms with van der Waals surface area (Å²) in [5.41, 5.74) is 8.21. The maximum Gasteiger partial charge on any atom is 0.448 e. The van der Waals surface area contributed by atoms with Crippen LogP contribution in [0.15, 0.2) is 66.7 Å². The fraction of sp³-hybridized carbons (Fsp3) is 0.464. The molecule has 4 N–H and O–H groups in total. The van der Waals surface area contributed by atoms with Crippen molar-refractivity contribution in [2.45, 2.75) is 89.2 Å². The number of carbonyl (C=O) groups is 4. The molecule has 1 aromatic heterocycles. The van der Waals surface area contributed by atoms with Crippen LogP contribution in [-0.2, 0) is 28.7 Å². The second-order valence-corrected chi connectivity index (χ2v) is 20.8. The summed E-state index contributed by atoms with van der Waals surface area (Å²) in [4.78, 5) is 55.7. The number of piperidine rings is 2. The van der Waals surface area contributed by atoms with Gasteiger partial charge in [0, 0.05) is 75.3 Å². The Morgan fingerprint density at radius 1 is 0.973 bits per heavy atom. The summed E-state index contributed by atoms with van der Waals surface area (Å²) in [7, 11) is 1.88. The number of carbonyl (C=O) groups excluding carboxylic acids is 4. The largest absolute Gasteiger partial charge is 0.488 e. The van der Waals surface area contributed by atoms with E-state index in [1.165, 1.54) is 35.3 Å². The molecule has 4 aromatic carbocycles. The Morgan fingerprint density at radius 3 is 2.45 bits per heavy atom. The molecular weight excluding hydrogens is 938 g/mol. The lowest BCUT2D eigenvalue weighted by atomic mass is 9.80. The number of hydrogen-bond acceptors (Lipinski definition) is 9. The monoisotopic (exact) mass is 1000 g/mol. The first-order valence-electron chi connectivity index (χ1n) is 25.8. The summed E-state index contributed by atoms with van der Waals surface area (Å²) >= 11 is 0. The number of primary amides is 1. The van der Waals surface area contributed by atoms with E-state index in [2.05, 4.69) is 44.6 Å². The number of aromatic nitrogens is 2. The van der Waals surface area contributed by atoms with Gasteiger partial charge in [0.05, 0.1) is 29.1 Å². The molecule has 0 unspecified atom stereocenters. The van der Waals surface area contributed by atoms with E-state index in [1.807, 2.05) is 43.4 Å². The molecule has 2 saturated heterocycles. The first-order valence-corrected chi connectivity index (χ1v) is 25.8. The molecule has 1 saturated carbocycles. The van der Waals surface area contributed by atoms with Gasteiger partial charge in [0.25, 0.3) is 5.91 Å². The van der Waals surface area contributed by atoms with E-state index >= 15 is 8.78 Å². The van der Waals surface area contributed by atoms with Gasteiger partial charge in [-0.15, -0.1) is 0 Å². The third kappa shape index (κ3) is 9.85. The van der Waals surface area contributed by atoms with Crippen molar-refractivity contribution in [2.24, 2.45) is 30.5 Å². The molecule has 0 spiro atoms. The molecule has 1 aliphatic carbocycles. The van der Waals surface area contributed by atoms with Crippen molar-refractivity contribution < 1.29 is 46.4 Å². The minimum Gasteiger partial charge on any atom is -0.488 e. The highest BCUT2D eigenvalue weighted by molar-refractivity contribution is 6.04. The topological polar surface area (TPSA) is 164 Å². The molecule has 5 heterocycles. The molecule has 5 aromatic rings. The first-order chi connectivity index (χ1) is 35.2. The number of halogens is 3. The number of amides is 5. The maximum atomic E-state index is 16.4. The van der Waals surface area contributed by atoms with E-state index in [9.17, 15) is 23.6 Å². The van der Waals surface area contributed by atoms with Gasteiger partial charge >= 0.3 is 11.8 Å². The standard InChI is InChI=1S/C56H63F3N8O6/c1-33-30-65(22-19-40(33)37-11-14-41-45(27-37)64(3)63-53(41)67-25-20-48(68)62-55(67)71)31-35-17-23-66(24-18-35)54(70)36-9-12-39(13-10-36)61-32-56(38-7-5-4-6-8-38)29-43-47(73-56)28-44(58)34(2)49(43)50-42(52(60)69)15-16-46(51(50)59)72-26-21-57/h4-8,11,14-16,25,27-28,33,35-36,39-40,61H,9-10,12-13,17-24,26,29-32H2,1-3H3,(H2-,60,62,68,69,71)/p+1/t33-,36?,39?,40+,56+/m0/s1. The fourth-order valence-electron chi connectivity index (χ4n) is 12.3. The normalized spacial score (nSPS) is 23.8. The van der Waals surface area contributed by atoms with E-state index in [0.717, 1.165) is 94.1 Å². The minimum absolute atomic E-state index is 0.0394. The SMILES string of the molecule is Cc1c(F)cc2c(c1-c1c(C(N)=O)ccc(OCCF)c1F)C[C@@](CNC1CCC(C(=O)N3CCC(CN4CC[C@@H](c5ccc6c([N+]7=CCC(=O)NC7=O)nn(C)c6c5)[C@@H](C)C4)CC3)CC1)(c1ccccc1)O2. The molecular formula is C56H64F3N8O6+. The highest BCUT2D eigenvalue weighted by Gasteiger charge is 2.45. The van der Waals surface area contributed by atoms with Gasteiger partial charge in [-0.05, 0) is 128 Å². The van der Waals surface area contributed by atoms with Crippen LogP contribution in [0.5, 0.6) is 11.5 Å². The zero-order chi connectivity index (χ0) is 51.1. The Balaban J connectivity index is 0.730. The molecule has 384 valence electrons. The van der Waals surface area contributed by atoms with Crippen LogP contribution in [0.1, 0.15) is 96.8 Å². The van der Waals surface area contributed by atoms with Crippen molar-refractivity contribution >= 4 is 46.7 Å². The van der Waals surface area contributed by atoms with E-state index in [1.54, 1.807) is 10.9 Å². The summed E-state index contributed by atoms with van der Waals surface area (Å²) in [6.07, 6.45) is 8.07. The van der Waals surface area contributed by atoms with Crippen LogP contribution in [0.2, 0.25) is 0 Å². The lowest BCUT2D eigenvalue weighted by molar-refractivity contribution is -0.334. The number of aryl methyl sites for hydroxylation is 1. The zero-order valence-corrected chi connectivity index (χ0v) is 41.7. The quantitative estimate of drug-likeness (QED) is 0.0937. The van der Waals surface area contributed by atoms with Gasteiger partial charge in [-0.3, -0.25) is 14.4 Å². The van der Waals surface area contributed by atoms with Crippen molar-refractivity contribution in [1.29, 1.82) is 0 Å². The van der Waals surface area contributed by atoms with E-state index in [4.69, 9.17) is 15.2 Å². The summed E-state index contributed by atoms with van der Waals surface area (Å²) in [6, 6.07) is 19.5. The van der Waals surface area contributed by atoms with Crippen LogP contribution < -0.4 is 25.8 Å². The van der Waals surface area contributed by atoms with Gasteiger partial charge in [-0.25, -0.2) is 28.0 Å². The van der Waals surface area contributed by atoms with Crippen LogP contribution >= 0.6 is 0 Å². The molecule has 14 nitrogen and oxygen atoms in total. The Bertz CT molecular complexity index is 2980. The number of urea groups is 1. The van der Waals surface area contributed by atoms with Crippen molar-refractivity contribution in [2.75, 3.05) is 52.6 Å². The lowest BCUT2D eigenvalue weighted by Crippen LogP contribution is -2.48. The van der Waals surface area contributed by atoms with Crippen molar-refractivity contribution in [1.82, 2.24) is 30.2 Å². The molecule has 0 radical (unpaired) electrons. The van der Waals surface area contributed by atoms with Crippen LogP contribution in [-0.4, -0.2) is 113 Å². The number of alkyl halides is 1. The van der Waals surface area contributed by atoms with Gasteiger partial charge in [0.15, 0.2) is 17.2 Å². The Morgan fingerprint density at radius 2 is 1.74 bits per heavy atom. The van der Waals surface area contributed by atoms with Crippen LogP contribution in [0.25, 0.3) is 22.0 Å². The predicted octanol–water partition coefficient (Wildman–Crippen LogP) is 7.97. The van der Waals surface area contributed by atoms with E-state index < -0.39 is 42.5 Å². The Hall–Kier alpha value is -6.59. The van der Waals surface area contributed by atoms with Crippen LogP contribution in [0.4, 0.5) is 23.8 Å². The van der Waals surface area contributed by atoms with E-state index in [-0.39, 0.29) is 70.4 Å². The number of benzene rings is 4. The second kappa shape index (κ2) is 20.7. The molecule has 4 aliphatic heterocycles.